The number of nitrogens with zero attached hydrogens (tertiary/aromatic N) is 1. The lowest BCUT2D eigenvalue weighted by molar-refractivity contribution is 0.0996. The molecule has 2 aromatic carbocycles. The van der Waals surface area contributed by atoms with Gasteiger partial charge in [-0.15, -0.1) is 0 Å². The molecule has 0 radical (unpaired) electrons. The van der Waals surface area contributed by atoms with Crippen LogP contribution in [0.1, 0.15) is 28.6 Å². The van der Waals surface area contributed by atoms with Crippen LogP contribution in [0.4, 0.5) is 5.69 Å². The second kappa shape index (κ2) is 8.17. The van der Waals surface area contributed by atoms with E-state index in [2.05, 4.69) is 17.6 Å². The highest BCUT2D eigenvalue weighted by atomic mass is 16.3. The first-order valence-corrected chi connectivity index (χ1v) is 8.84. The van der Waals surface area contributed by atoms with Crippen LogP contribution < -0.4 is 10.6 Å². The summed E-state index contributed by atoms with van der Waals surface area (Å²) in [7, 11) is 3.96. The van der Waals surface area contributed by atoms with Gasteiger partial charge in [-0.25, -0.2) is 0 Å². The van der Waals surface area contributed by atoms with Crippen molar-refractivity contribution in [3.05, 3.63) is 65.4 Å². The molecule has 0 aliphatic carbocycles. The van der Waals surface area contributed by atoms with Crippen molar-refractivity contribution in [1.29, 1.82) is 0 Å². The molecule has 0 atom stereocenters. The second-order valence-electron chi connectivity index (χ2n) is 6.58. The number of carbonyl (C=O) groups is 1. The highest BCUT2D eigenvalue weighted by Gasteiger charge is 2.21. The van der Waals surface area contributed by atoms with Crippen LogP contribution in [0.3, 0.4) is 0 Å². The van der Waals surface area contributed by atoms with E-state index >= 15 is 0 Å². The molecule has 136 valence electrons. The molecule has 0 aliphatic heterocycles. The zero-order valence-electron chi connectivity index (χ0n) is 15.5. The van der Waals surface area contributed by atoms with Crippen LogP contribution in [0.15, 0.2) is 52.9 Å². The number of hydrogen-bond acceptors (Lipinski definition) is 4. The summed E-state index contributed by atoms with van der Waals surface area (Å²) in [6.07, 6.45) is 0. The van der Waals surface area contributed by atoms with Gasteiger partial charge in [0.25, 0.3) is 5.91 Å². The average Bonchev–Trinajstić information content (AvgIpc) is 2.98. The third-order valence-corrected chi connectivity index (χ3v) is 4.14. The zero-order chi connectivity index (χ0) is 18.5. The van der Waals surface area contributed by atoms with E-state index in [1.807, 2.05) is 67.5 Å². The highest BCUT2D eigenvalue weighted by molar-refractivity contribution is 6.06. The number of carbonyl (C=O) groups excluding carboxylic acids is 1. The van der Waals surface area contributed by atoms with Crippen LogP contribution in [0.25, 0.3) is 11.0 Å². The minimum absolute atomic E-state index is 0.223. The summed E-state index contributed by atoms with van der Waals surface area (Å²) in [5, 5.41) is 7.24. The number of hydrogen-bond donors (Lipinski definition) is 2. The van der Waals surface area contributed by atoms with Gasteiger partial charge in [0.05, 0.1) is 0 Å². The molecule has 26 heavy (non-hydrogen) atoms. The molecular weight excluding hydrogens is 326 g/mol. The smallest absolute Gasteiger partial charge is 0.291 e. The number of rotatable bonds is 7. The Kier molecular flexibility index (Phi) is 5.71. The van der Waals surface area contributed by atoms with E-state index < -0.39 is 0 Å². The third kappa shape index (κ3) is 4.12. The van der Waals surface area contributed by atoms with E-state index in [9.17, 15) is 4.79 Å². The van der Waals surface area contributed by atoms with Crippen molar-refractivity contribution in [2.24, 2.45) is 0 Å². The van der Waals surface area contributed by atoms with Crippen LogP contribution >= 0.6 is 0 Å². The fraction of sp³-hybridized carbons (Fsp3) is 0.286. The van der Waals surface area contributed by atoms with Gasteiger partial charge in [0.2, 0.25) is 0 Å². The summed E-state index contributed by atoms with van der Waals surface area (Å²) in [6.45, 7) is 4.39. The SMILES string of the molecule is CCNCc1cccc(NC(=O)c2oc3ccccc3c2CN(C)C)c1. The van der Waals surface area contributed by atoms with Crippen LogP contribution in [0, 0.1) is 0 Å². The lowest BCUT2D eigenvalue weighted by Crippen LogP contribution is -2.17. The largest absolute Gasteiger partial charge is 0.451 e. The van der Waals surface area contributed by atoms with Gasteiger partial charge in [-0.2, -0.15) is 0 Å². The summed E-state index contributed by atoms with van der Waals surface area (Å²) in [5.74, 6) is 0.149. The van der Waals surface area contributed by atoms with Gasteiger partial charge in [0, 0.05) is 29.7 Å². The molecule has 0 fully saturated rings. The second-order valence-corrected chi connectivity index (χ2v) is 6.58. The number of benzene rings is 2. The van der Waals surface area contributed by atoms with Gasteiger partial charge in [-0.3, -0.25) is 4.79 Å². The van der Waals surface area contributed by atoms with E-state index in [0.29, 0.717) is 12.3 Å². The molecule has 0 unspecified atom stereocenters. The Morgan fingerprint density at radius 3 is 2.69 bits per heavy atom. The molecule has 5 nitrogen and oxygen atoms in total. The molecule has 1 amide bonds. The van der Waals surface area contributed by atoms with Gasteiger partial charge in [0.1, 0.15) is 5.58 Å². The standard InChI is InChI=1S/C21H25N3O2/c1-4-22-13-15-8-7-9-16(12-15)23-21(25)20-18(14-24(2)3)17-10-5-6-11-19(17)26-20/h5-12,22H,4,13-14H2,1-3H3,(H,23,25). The normalized spacial score (nSPS) is 11.2. The zero-order valence-corrected chi connectivity index (χ0v) is 15.5. The Morgan fingerprint density at radius 1 is 1.12 bits per heavy atom. The van der Waals surface area contributed by atoms with Crippen molar-refractivity contribution >= 4 is 22.6 Å². The predicted molar refractivity (Wildman–Crippen MR) is 105 cm³/mol. The third-order valence-electron chi connectivity index (χ3n) is 4.14. The maximum Gasteiger partial charge on any atom is 0.291 e. The van der Waals surface area contributed by atoms with E-state index in [0.717, 1.165) is 40.9 Å². The monoisotopic (exact) mass is 351 g/mol. The van der Waals surface area contributed by atoms with Crippen molar-refractivity contribution in [2.45, 2.75) is 20.0 Å². The lowest BCUT2D eigenvalue weighted by atomic mass is 10.1. The molecule has 5 heteroatoms. The van der Waals surface area contributed by atoms with E-state index in [4.69, 9.17) is 4.42 Å². The van der Waals surface area contributed by atoms with Crippen molar-refractivity contribution < 1.29 is 9.21 Å². The molecule has 0 spiro atoms. The lowest BCUT2D eigenvalue weighted by Gasteiger charge is -2.11. The van der Waals surface area contributed by atoms with Gasteiger partial charge < -0.3 is 20.0 Å². The molecule has 1 aromatic heterocycles. The maximum absolute atomic E-state index is 12.9. The summed E-state index contributed by atoms with van der Waals surface area (Å²) in [6, 6.07) is 15.6. The van der Waals surface area contributed by atoms with Crippen molar-refractivity contribution in [1.82, 2.24) is 10.2 Å². The Morgan fingerprint density at radius 2 is 1.92 bits per heavy atom. The molecule has 3 aromatic rings. The first-order chi connectivity index (χ1) is 12.6. The van der Waals surface area contributed by atoms with Crippen molar-refractivity contribution in [3.8, 4) is 0 Å². The number of para-hydroxylation sites is 1. The Labute approximate surface area is 154 Å². The molecule has 0 aliphatic rings. The van der Waals surface area contributed by atoms with E-state index in [-0.39, 0.29) is 5.91 Å². The predicted octanol–water partition coefficient (Wildman–Crippen LogP) is 3.86. The highest BCUT2D eigenvalue weighted by Crippen LogP contribution is 2.27. The molecule has 1 heterocycles. The van der Waals surface area contributed by atoms with Gasteiger partial charge in [0.15, 0.2) is 5.76 Å². The number of furan rings is 1. The van der Waals surface area contributed by atoms with Crippen LogP contribution in [-0.4, -0.2) is 31.4 Å². The summed E-state index contributed by atoms with van der Waals surface area (Å²) < 4.78 is 5.88. The Hall–Kier alpha value is -2.63. The Balaban J connectivity index is 1.88. The van der Waals surface area contributed by atoms with E-state index in [1.165, 1.54) is 0 Å². The fourth-order valence-electron chi connectivity index (χ4n) is 2.97. The van der Waals surface area contributed by atoms with Gasteiger partial charge >= 0.3 is 0 Å². The molecular formula is C21H25N3O2. The first kappa shape index (κ1) is 18.2. The van der Waals surface area contributed by atoms with Crippen LogP contribution in [0.2, 0.25) is 0 Å². The Bertz CT molecular complexity index is 899. The number of anilines is 1. The summed E-state index contributed by atoms with van der Waals surface area (Å²) >= 11 is 0. The number of fused-ring (bicyclic) bond motifs is 1. The molecule has 3 rings (SSSR count). The average molecular weight is 351 g/mol. The number of nitrogens with one attached hydrogen (secondary N) is 2. The van der Waals surface area contributed by atoms with Gasteiger partial charge in [-0.1, -0.05) is 37.3 Å². The van der Waals surface area contributed by atoms with Crippen LogP contribution in [0.5, 0.6) is 0 Å². The van der Waals surface area contributed by atoms with Crippen LogP contribution in [-0.2, 0) is 13.1 Å². The van der Waals surface area contributed by atoms with Crippen molar-refractivity contribution in [2.75, 3.05) is 26.0 Å². The molecule has 0 saturated carbocycles. The van der Waals surface area contributed by atoms with E-state index in [1.54, 1.807) is 0 Å². The number of amides is 1. The quantitative estimate of drug-likeness (QED) is 0.679. The maximum atomic E-state index is 12.9. The molecule has 0 bridgehead atoms. The minimum atomic E-state index is -0.223. The van der Waals surface area contributed by atoms with Gasteiger partial charge in [-0.05, 0) is 44.4 Å². The summed E-state index contributed by atoms with van der Waals surface area (Å²) in [4.78, 5) is 14.9. The minimum Gasteiger partial charge on any atom is -0.451 e. The first-order valence-electron chi connectivity index (χ1n) is 8.84. The molecule has 2 N–H and O–H groups in total. The van der Waals surface area contributed by atoms with Crippen molar-refractivity contribution in [3.63, 3.8) is 0 Å². The topological polar surface area (TPSA) is 57.5 Å². The fourth-order valence-corrected chi connectivity index (χ4v) is 2.97. The molecule has 0 saturated heterocycles. The summed E-state index contributed by atoms with van der Waals surface area (Å²) in [5.41, 5.74) is 3.53.